The Kier molecular flexibility index (Phi) is 8.92. The van der Waals surface area contributed by atoms with Gasteiger partial charge in [-0.3, -0.25) is 10.6 Å². The van der Waals surface area contributed by atoms with Crippen molar-refractivity contribution >= 4 is 33.1 Å². The molecule has 0 fully saturated rings. The second-order valence-corrected chi connectivity index (χ2v) is 14.5. The van der Waals surface area contributed by atoms with E-state index in [-0.39, 0.29) is 24.5 Å². The van der Waals surface area contributed by atoms with Gasteiger partial charge in [-0.2, -0.15) is 0 Å². The predicted octanol–water partition coefficient (Wildman–Crippen LogP) is 11.0. The van der Waals surface area contributed by atoms with Crippen LogP contribution in [-0.4, -0.2) is 5.84 Å². The summed E-state index contributed by atoms with van der Waals surface area (Å²) in [6, 6.07) is 69.1. The topological polar surface area (TPSA) is 60.5 Å². The van der Waals surface area contributed by atoms with E-state index < -0.39 is 0 Å². The standard InChI is InChI=1S/C51H41N5/c1-4-16-37(17-5-1)45-33-46(53-50(52-45)42-29-24-34-14-10-11-22-41(34)32-42)38-27-25-36(26-28-38)44-31-30-35-15-12-13-23-43(35)47(44)51-55-48(39-18-6-2-7-19-39)54-49(56-51)40-20-8-3-9-21-40/h1-33,46,48,50-53,55H,(H,54,56). The third-order valence-corrected chi connectivity index (χ3v) is 11.0. The number of hydrogen-bond acceptors (Lipinski definition) is 5. The highest BCUT2D eigenvalue weighted by Crippen LogP contribution is 2.39. The van der Waals surface area contributed by atoms with E-state index in [2.05, 4.69) is 215 Å². The van der Waals surface area contributed by atoms with Crippen molar-refractivity contribution in [3.8, 4) is 11.1 Å². The SMILES string of the molecule is C1=C(c2ccccc2)NC(c2ccc3ccccc3c2)NC1c1ccc(-c2ccc3ccccc3c2C2N=C(c3ccccc3)NC(c3ccccc3)N2)cc1. The van der Waals surface area contributed by atoms with Crippen LogP contribution in [0.4, 0.5) is 0 Å². The van der Waals surface area contributed by atoms with Crippen molar-refractivity contribution in [2.24, 2.45) is 4.99 Å². The molecule has 0 radical (unpaired) electrons. The molecular formula is C51H41N5. The fourth-order valence-electron chi connectivity index (χ4n) is 8.17. The van der Waals surface area contributed by atoms with Crippen LogP contribution in [0, 0.1) is 0 Å². The van der Waals surface area contributed by atoms with E-state index in [9.17, 15) is 0 Å². The molecule has 0 amide bonds. The zero-order chi connectivity index (χ0) is 37.3. The fraction of sp³-hybridized carbons (Fsp3) is 0.0784. The van der Waals surface area contributed by atoms with Gasteiger partial charge in [-0.15, -0.1) is 0 Å². The van der Waals surface area contributed by atoms with E-state index in [1.807, 2.05) is 6.07 Å². The highest BCUT2D eigenvalue weighted by molar-refractivity contribution is 6.00. The van der Waals surface area contributed by atoms with Gasteiger partial charge in [0.2, 0.25) is 0 Å². The fourth-order valence-corrected chi connectivity index (χ4v) is 8.17. The summed E-state index contributed by atoms with van der Waals surface area (Å²) in [6.07, 6.45) is 1.81. The molecule has 8 aromatic rings. The predicted molar refractivity (Wildman–Crippen MR) is 231 cm³/mol. The van der Waals surface area contributed by atoms with E-state index >= 15 is 0 Å². The van der Waals surface area contributed by atoms with E-state index in [1.54, 1.807) is 0 Å². The Morgan fingerprint density at radius 2 is 1.02 bits per heavy atom. The van der Waals surface area contributed by atoms with Crippen LogP contribution in [0.15, 0.2) is 205 Å². The maximum atomic E-state index is 5.39. The van der Waals surface area contributed by atoms with Gasteiger partial charge in [0.15, 0.2) is 0 Å². The summed E-state index contributed by atoms with van der Waals surface area (Å²) in [5.74, 6) is 0.872. The zero-order valence-electron chi connectivity index (χ0n) is 30.8. The first-order chi connectivity index (χ1) is 27.7. The van der Waals surface area contributed by atoms with Gasteiger partial charge in [-0.1, -0.05) is 188 Å². The number of nitrogens with one attached hydrogen (secondary N) is 4. The molecule has 2 aliphatic heterocycles. The molecule has 4 unspecified atom stereocenters. The summed E-state index contributed by atoms with van der Waals surface area (Å²) < 4.78 is 0. The molecule has 0 aromatic heterocycles. The number of hydrogen-bond donors (Lipinski definition) is 4. The first kappa shape index (κ1) is 33.8. The second-order valence-electron chi connectivity index (χ2n) is 14.5. The molecule has 0 spiro atoms. The lowest BCUT2D eigenvalue weighted by Crippen LogP contribution is -2.45. The molecule has 4 N–H and O–H groups in total. The van der Waals surface area contributed by atoms with Gasteiger partial charge in [-0.05, 0) is 67.1 Å². The highest BCUT2D eigenvalue weighted by atomic mass is 15.3. The van der Waals surface area contributed by atoms with Crippen molar-refractivity contribution in [3.63, 3.8) is 0 Å². The van der Waals surface area contributed by atoms with Gasteiger partial charge in [0.25, 0.3) is 0 Å². The normalized spacial score (nSPS) is 19.4. The minimum absolute atomic E-state index is 0.0104. The minimum Gasteiger partial charge on any atom is -0.366 e. The highest BCUT2D eigenvalue weighted by Gasteiger charge is 2.29. The number of rotatable bonds is 7. The number of aliphatic imine (C=N–C) groups is 1. The smallest absolute Gasteiger partial charge is 0.131 e. The molecule has 10 rings (SSSR count). The summed E-state index contributed by atoms with van der Waals surface area (Å²) in [5.41, 5.74) is 10.4. The summed E-state index contributed by atoms with van der Waals surface area (Å²) >= 11 is 0. The third kappa shape index (κ3) is 6.64. The number of amidine groups is 1. The molecule has 4 atom stereocenters. The van der Waals surface area contributed by atoms with Crippen molar-refractivity contribution in [1.82, 2.24) is 21.3 Å². The largest absolute Gasteiger partial charge is 0.366 e. The van der Waals surface area contributed by atoms with E-state index in [4.69, 9.17) is 4.99 Å². The lowest BCUT2D eigenvalue weighted by Gasteiger charge is -2.34. The molecule has 2 aliphatic rings. The minimum atomic E-state index is -0.303. The third-order valence-electron chi connectivity index (χ3n) is 11.0. The van der Waals surface area contributed by atoms with Crippen LogP contribution in [-0.2, 0) is 0 Å². The van der Waals surface area contributed by atoms with Gasteiger partial charge in [-0.25, -0.2) is 4.99 Å². The van der Waals surface area contributed by atoms with E-state index in [1.165, 1.54) is 38.2 Å². The van der Waals surface area contributed by atoms with Gasteiger partial charge < -0.3 is 10.6 Å². The summed E-state index contributed by atoms with van der Waals surface area (Å²) in [4.78, 5) is 5.39. The van der Waals surface area contributed by atoms with Gasteiger partial charge >= 0.3 is 0 Å². The second kappa shape index (κ2) is 14.8. The Labute approximate surface area is 327 Å². The van der Waals surface area contributed by atoms with Crippen LogP contribution in [0.25, 0.3) is 38.4 Å². The number of nitrogens with zero attached hydrogens (tertiary/aromatic N) is 1. The van der Waals surface area contributed by atoms with Crippen molar-refractivity contribution in [1.29, 1.82) is 0 Å². The molecule has 5 nitrogen and oxygen atoms in total. The van der Waals surface area contributed by atoms with E-state index in [0.717, 1.165) is 39.3 Å². The van der Waals surface area contributed by atoms with Crippen molar-refractivity contribution in [2.75, 3.05) is 0 Å². The van der Waals surface area contributed by atoms with Crippen LogP contribution < -0.4 is 21.3 Å². The van der Waals surface area contributed by atoms with Crippen LogP contribution in [0.2, 0.25) is 0 Å². The molecule has 0 aliphatic carbocycles. The average molecular weight is 724 g/mol. The van der Waals surface area contributed by atoms with Crippen LogP contribution in [0.3, 0.4) is 0 Å². The molecule has 0 bridgehead atoms. The van der Waals surface area contributed by atoms with Crippen LogP contribution in [0.1, 0.15) is 57.9 Å². The van der Waals surface area contributed by atoms with Crippen molar-refractivity contribution in [2.45, 2.75) is 24.5 Å². The summed E-state index contributed by atoms with van der Waals surface area (Å²) in [7, 11) is 0. The summed E-state index contributed by atoms with van der Waals surface area (Å²) in [5, 5.41) is 20.1. The van der Waals surface area contributed by atoms with Gasteiger partial charge in [0, 0.05) is 16.8 Å². The first-order valence-corrected chi connectivity index (χ1v) is 19.3. The van der Waals surface area contributed by atoms with Crippen molar-refractivity contribution < 1.29 is 0 Å². The quantitative estimate of drug-likeness (QED) is 0.132. The van der Waals surface area contributed by atoms with E-state index in [0.29, 0.717) is 0 Å². The number of fused-ring (bicyclic) bond motifs is 2. The van der Waals surface area contributed by atoms with Gasteiger partial charge in [0.05, 0.1) is 6.04 Å². The molecule has 2 heterocycles. The lowest BCUT2D eigenvalue weighted by molar-refractivity contribution is 0.411. The van der Waals surface area contributed by atoms with Gasteiger partial charge in [0.1, 0.15) is 24.3 Å². The number of benzene rings is 8. The Bertz CT molecular complexity index is 2710. The van der Waals surface area contributed by atoms with Crippen molar-refractivity contribution in [3.05, 3.63) is 234 Å². The maximum absolute atomic E-state index is 5.39. The monoisotopic (exact) mass is 723 g/mol. The Morgan fingerprint density at radius 1 is 0.411 bits per heavy atom. The average Bonchev–Trinajstić information content (AvgIpc) is 3.29. The molecule has 0 saturated carbocycles. The lowest BCUT2D eigenvalue weighted by atomic mass is 9.90. The molecule has 5 heteroatoms. The first-order valence-electron chi connectivity index (χ1n) is 19.3. The Hall–Kier alpha value is -6.79. The molecule has 0 saturated heterocycles. The summed E-state index contributed by atoms with van der Waals surface area (Å²) in [6.45, 7) is 0. The van der Waals surface area contributed by atoms with Crippen LogP contribution in [0.5, 0.6) is 0 Å². The Morgan fingerprint density at radius 3 is 1.79 bits per heavy atom. The molecule has 8 aromatic carbocycles. The zero-order valence-corrected chi connectivity index (χ0v) is 30.8. The molecule has 270 valence electrons. The molecular weight excluding hydrogens is 683 g/mol. The van der Waals surface area contributed by atoms with Crippen LogP contribution >= 0.6 is 0 Å². The molecule has 56 heavy (non-hydrogen) atoms. The Balaban J connectivity index is 1.04. The maximum Gasteiger partial charge on any atom is 0.131 e.